The molecule has 1 aromatic rings. The third kappa shape index (κ3) is 3.99. The fourth-order valence-corrected chi connectivity index (χ4v) is 1.97. The Morgan fingerprint density at radius 1 is 1.47 bits per heavy atom. The predicted octanol–water partition coefficient (Wildman–Crippen LogP) is 2.19. The number of carboxylic acid groups (broad SMARTS) is 1. The summed E-state index contributed by atoms with van der Waals surface area (Å²) in [5.41, 5.74) is 1.50. The van der Waals surface area contributed by atoms with Crippen LogP contribution in [0.1, 0.15) is 29.3 Å². The molecule has 0 aliphatic rings. The summed E-state index contributed by atoms with van der Waals surface area (Å²) < 4.78 is 1.01. The van der Waals surface area contributed by atoms with Crippen LogP contribution in [0, 0.1) is 10.5 Å². The topological polar surface area (TPSA) is 66.4 Å². The normalized spacial score (nSPS) is 11.9. The van der Waals surface area contributed by atoms with Gasteiger partial charge in [-0.05, 0) is 54.1 Å². The number of halogens is 1. The Morgan fingerprint density at radius 2 is 2.12 bits per heavy atom. The van der Waals surface area contributed by atoms with Gasteiger partial charge in [0.1, 0.15) is 0 Å². The molecule has 0 aromatic heterocycles. The number of rotatable bonds is 4. The molecule has 1 atom stereocenters. The highest BCUT2D eigenvalue weighted by atomic mass is 127. The highest BCUT2D eigenvalue weighted by molar-refractivity contribution is 14.1. The van der Waals surface area contributed by atoms with E-state index < -0.39 is 5.97 Å². The van der Waals surface area contributed by atoms with E-state index in [1.165, 1.54) is 0 Å². The Morgan fingerprint density at radius 3 is 2.71 bits per heavy atom. The number of carbonyl (C=O) groups excluding carboxylic acids is 1. The minimum absolute atomic E-state index is 0.0747. The Bertz CT molecular complexity index is 445. The van der Waals surface area contributed by atoms with E-state index in [0.29, 0.717) is 5.56 Å². The smallest absolute Gasteiger partial charge is 0.305 e. The first-order valence-electron chi connectivity index (χ1n) is 5.19. The van der Waals surface area contributed by atoms with E-state index in [1.807, 2.05) is 19.1 Å². The molecule has 0 spiro atoms. The molecule has 4 nitrogen and oxygen atoms in total. The lowest BCUT2D eigenvalue weighted by Gasteiger charge is -2.13. The number of aliphatic carboxylic acids is 1. The number of carbonyl (C=O) groups is 2. The second kappa shape index (κ2) is 6.00. The molecule has 0 heterocycles. The van der Waals surface area contributed by atoms with Gasteiger partial charge in [-0.2, -0.15) is 0 Å². The molecular weight excluding hydrogens is 333 g/mol. The fourth-order valence-electron chi connectivity index (χ4n) is 1.47. The van der Waals surface area contributed by atoms with Gasteiger partial charge in [0.05, 0.1) is 6.42 Å². The molecular formula is C12H14INO3. The van der Waals surface area contributed by atoms with Crippen molar-refractivity contribution in [1.82, 2.24) is 5.32 Å². The molecule has 0 saturated heterocycles. The molecule has 5 heteroatoms. The van der Waals surface area contributed by atoms with Crippen LogP contribution in [-0.4, -0.2) is 23.0 Å². The second-order valence-electron chi connectivity index (χ2n) is 3.88. The summed E-state index contributed by atoms with van der Waals surface area (Å²) in [6.45, 7) is 3.55. The van der Waals surface area contributed by atoms with Gasteiger partial charge in [0.15, 0.2) is 0 Å². The van der Waals surface area contributed by atoms with Crippen molar-refractivity contribution in [3.8, 4) is 0 Å². The van der Waals surface area contributed by atoms with E-state index in [4.69, 9.17) is 5.11 Å². The van der Waals surface area contributed by atoms with E-state index in [1.54, 1.807) is 13.0 Å². The molecule has 0 fully saturated rings. The van der Waals surface area contributed by atoms with Crippen molar-refractivity contribution in [3.05, 3.63) is 32.9 Å². The molecule has 17 heavy (non-hydrogen) atoms. The van der Waals surface area contributed by atoms with E-state index in [2.05, 4.69) is 27.9 Å². The maximum absolute atomic E-state index is 11.9. The van der Waals surface area contributed by atoms with Crippen molar-refractivity contribution < 1.29 is 14.7 Å². The van der Waals surface area contributed by atoms with Gasteiger partial charge in [-0.3, -0.25) is 9.59 Å². The Labute approximate surface area is 114 Å². The Hall–Kier alpha value is -1.11. The third-order valence-corrected chi connectivity index (χ3v) is 3.54. The van der Waals surface area contributed by atoms with Gasteiger partial charge >= 0.3 is 5.97 Å². The van der Waals surface area contributed by atoms with E-state index in [0.717, 1.165) is 9.13 Å². The summed E-state index contributed by atoms with van der Waals surface area (Å²) in [5, 5.41) is 11.3. The maximum atomic E-state index is 11.9. The van der Waals surface area contributed by atoms with Gasteiger partial charge in [-0.25, -0.2) is 0 Å². The van der Waals surface area contributed by atoms with E-state index in [9.17, 15) is 9.59 Å². The zero-order chi connectivity index (χ0) is 13.0. The molecule has 0 aliphatic heterocycles. The lowest BCUT2D eigenvalue weighted by Crippen LogP contribution is -2.34. The number of benzene rings is 1. The van der Waals surface area contributed by atoms with Gasteiger partial charge in [0.25, 0.3) is 5.91 Å². The molecule has 1 aromatic carbocycles. The van der Waals surface area contributed by atoms with Crippen molar-refractivity contribution in [2.75, 3.05) is 0 Å². The summed E-state index contributed by atoms with van der Waals surface area (Å²) in [7, 11) is 0. The van der Waals surface area contributed by atoms with Crippen LogP contribution in [0.2, 0.25) is 0 Å². The highest BCUT2D eigenvalue weighted by Crippen LogP contribution is 2.15. The lowest BCUT2D eigenvalue weighted by atomic mass is 10.1. The zero-order valence-electron chi connectivity index (χ0n) is 9.66. The average molecular weight is 347 g/mol. The number of nitrogens with one attached hydrogen (secondary N) is 1. The summed E-state index contributed by atoms with van der Waals surface area (Å²) in [5.74, 6) is -1.15. The number of carboxylic acids is 1. The number of amides is 1. The molecule has 0 radical (unpaired) electrons. The molecule has 1 unspecified atom stereocenters. The van der Waals surface area contributed by atoms with E-state index in [-0.39, 0.29) is 18.4 Å². The van der Waals surface area contributed by atoms with Gasteiger partial charge in [0, 0.05) is 15.2 Å². The number of hydrogen-bond acceptors (Lipinski definition) is 2. The lowest BCUT2D eigenvalue weighted by molar-refractivity contribution is -0.137. The molecule has 2 N–H and O–H groups in total. The van der Waals surface area contributed by atoms with Crippen LogP contribution in [-0.2, 0) is 4.79 Å². The van der Waals surface area contributed by atoms with Crippen LogP contribution in [0.4, 0.5) is 0 Å². The molecule has 0 aliphatic carbocycles. The van der Waals surface area contributed by atoms with Crippen LogP contribution in [0.5, 0.6) is 0 Å². The van der Waals surface area contributed by atoms with Gasteiger partial charge in [-0.1, -0.05) is 6.07 Å². The Balaban J connectivity index is 2.77. The van der Waals surface area contributed by atoms with Crippen molar-refractivity contribution in [2.45, 2.75) is 26.3 Å². The third-order valence-electron chi connectivity index (χ3n) is 2.37. The quantitative estimate of drug-likeness (QED) is 0.821. The summed E-state index contributed by atoms with van der Waals surface area (Å²) >= 11 is 2.16. The predicted molar refractivity (Wildman–Crippen MR) is 73.1 cm³/mol. The van der Waals surface area contributed by atoms with Gasteiger partial charge in [0.2, 0.25) is 0 Å². The first kappa shape index (κ1) is 14.0. The minimum Gasteiger partial charge on any atom is -0.481 e. The van der Waals surface area contributed by atoms with Crippen LogP contribution in [0.15, 0.2) is 18.2 Å². The van der Waals surface area contributed by atoms with Crippen molar-refractivity contribution in [1.29, 1.82) is 0 Å². The molecule has 1 rings (SSSR count). The minimum atomic E-state index is -0.919. The highest BCUT2D eigenvalue weighted by Gasteiger charge is 2.14. The van der Waals surface area contributed by atoms with Crippen LogP contribution in [0.3, 0.4) is 0 Å². The van der Waals surface area contributed by atoms with Crippen LogP contribution in [0.25, 0.3) is 0 Å². The van der Waals surface area contributed by atoms with Crippen LogP contribution < -0.4 is 5.32 Å². The first-order valence-corrected chi connectivity index (χ1v) is 6.27. The molecule has 0 saturated carbocycles. The monoisotopic (exact) mass is 347 g/mol. The SMILES string of the molecule is Cc1c(I)cccc1C(=O)NC(C)CC(=O)O. The van der Waals surface area contributed by atoms with Gasteiger partial charge < -0.3 is 10.4 Å². The first-order chi connectivity index (χ1) is 7.91. The standard InChI is InChI=1S/C12H14INO3/c1-7(6-11(15)16)14-12(17)9-4-3-5-10(13)8(9)2/h3-5,7H,6H2,1-2H3,(H,14,17)(H,15,16). The molecule has 92 valence electrons. The number of hydrogen-bond donors (Lipinski definition) is 2. The summed E-state index contributed by atoms with van der Waals surface area (Å²) in [6.07, 6.45) is -0.0747. The average Bonchev–Trinajstić information content (AvgIpc) is 2.20. The van der Waals surface area contributed by atoms with Crippen LogP contribution >= 0.6 is 22.6 Å². The molecule has 0 bridgehead atoms. The van der Waals surface area contributed by atoms with E-state index >= 15 is 0 Å². The largest absolute Gasteiger partial charge is 0.481 e. The van der Waals surface area contributed by atoms with Crippen molar-refractivity contribution in [2.24, 2.45) is 0 Å². The summed E-state index contributed by atoms with van der Waals surface area (Å²) in [4.78, 5) is 22.4. The van der Waals surface area contributed by atoms with Crippen molar-refractivity contribution >= 4 is 34.5 Å². The van der Waals surface area contributed by atoms with Crippen molar-refractivity contribution in [3.63, 3.8) is 0 Å². The van der Waals surface area contributed by atoms with Gasteiger partial charge in [-0.15, -0.1) is 0 Å². The maximum Gasteiger partial charge on any atom is 0.305 e. The Kier molecular flexibility index (Phi) is 4.92. The zero-order valence-corrected chi connectivity index (χ0v) is 11.8. The fraction of sp³-hybridized carbons (Fsp3) is 0.333. The summed E-state index contributed by atoms with van der Waals surface area (Å²) in [6, 6.07) is 5.09. The molecule has 1 amide bonds. The second-order valence-corrected chi connectivity index (χ2v) is 5.05.